The largest absolute Gasteiger partial charge is 0.348 e. The second kappa shape index (κ2) is 8.45. The Kier molecular flexibility index (Phi) is 5.56. The lowest BCUT2D eigenvalue weighted by molar-refractivity contribution is 0.152. The molecule has 1 aromatic carbocycles. The van der Waals surface area contributed by atoms with Crippen molar-refractivity contribution in [3.05, 3.63) is 77.2 Å². The molecular formula is C22H19F2N7. The van der Waals surface area contributed by atoms with Crippen LogP contribution in [0.3, 0.4) is 0 Å². The van der Waals surface area contributed by atoms with Crippen LogP contribution in [0.5, 0.6) is 0 Å². The van der Waals surface area contributed by atoms with Crippen molar-refractivity contribution in [3.8, 4) is 17.5 Å². The third-order valence-corrected chi connectivity index (χ3v) is 4.99. The van der Waals surface area contributed by atoms with Crippen molar-refractivity contribution >= 4 is 11.6 Å². The first-order chi connectivity index (χ1) is 15.0. The van der Waals surface area contributed by atoms with E-state index in [0.717, 1.165) is 11.1 Å². The normalized spacial score (nSPS) is 12.1. The average Bonchev–Trinajstić information content (AvgIpc) is 3.23. The molecule has 3 heterocycles. The van der Waals surface area contributed by atoms with Gasteiger partial charge in [-0.3, -0.25) is 4.40 Å². The highest BCUT2D eigenvalue weighted by molar-refractivity contribution is 5.68. The number of benzene rings is 1. The van der Waals surface area contributed by atoms with Crippen molar-refractivity contribution in [1.82, 2.24) is 19.4 Å². The lowest BCUT2D eigenvalue weighted by Gasteiger charge is -2.16. The van der Waals surface area contributed by atoms with E-state index in [1.165, 1.54) is 28.9 Å². The number of nitriles is 1. The number of alkyl halides is 2. The molecule has 4 aromatic rings. The molecule has 0 aliphatic heterocycles. The third-order valence-electron chi connectivity index (χ3n) is 4.99. The highest BCUT2D eigenvalue weighted by Gasteiger charge is 2.19. The van der Waals surface area contributed by atoms with E-state index >= 15 is 0 Å². The molecule has 0 fully saturated rings. The zero-order valence-electron chi connectivity index (χ0n) is 16.6. The number of nitrogens with two attached hydrogens (primary N) is 1. The Morgan fingerprint density at radius 1 is 1.19 bits per heavy atom. The number of fused-ring (bicyclic) bond motifs is 1. The summed E-state index contributed by atoms with van der Waals surface area (Å²) in [5, 5.41) is 12.7. The van der Waals surface area contributed by atoms with Gasteiger partial charge in [0.05, 0.1) is 35.3 Å². The predicted octanol–water partition coefficient (Wildman–Crippen LogP) is 4.23. The van der Waals surface area contributed by atoms with Gasteiger partial charge in [0.1, 0.15) is 17.4 Å². The van der Waals surface area contributed by atoms with E-state index in [9.17, 15) is 14.0 Å². The van der Waals surface area contributed by atoms with E-state index in [2.05, 4.69) is 26.3 Å². The number of imidazole rings is 1. The minimum atomic E-state index is -2.66. The molecule has 0 spiro atoms. The number of anilines is 1. The minimum Gasteiger partial charge on any atom is -0.348 e. The fraction of sp³-hybridized carbons (Fsp3) is 0.182. The molecule has 7 nitrogen and oxygen atoms in total. The fourth-order valence-electron chi connectivity index (χ4n) is 3.37. The van der Waals surface area contributed by atoms with E-state index in [-0.39, 0.29) is 22.8 Å². The van der Waals surface area contributed by atoms with E-state index in [4.69, 9.17) is 5.73 Å². The van der Waals surface area contributed by atoms with E-state index in [1.54, 1.807) is 6.20 Å². The number of hydrogen-bond acceptors (Lipinski definition) is 6. The number of nitrogens with one attached hydrogen (secondary N) is 1. The number of halogens is 2. The van der Waals surface area contributed by atoms with Crippen LogP contribution in [-0.2, 0) is 6.54 Å². The van der Waals surface area contributed by atoms with E-state index in [0.29, 0.717) is 23.9 Å². The maximum Gasteiger partial charge on any atom is 0.267 e. The predicted molar refractivity (Wildman–Crippen MR) is 112 cm³/mol. The van der Waals surface area contributed by atoms with Crippen LogP contribution in [-0.4, -0.2) is 19.4 Å². The summed E-state index contributed by atoms with van der Waals surface area (Å²) < 4.78 is 28.2. The molecule has 1 atom stereocenters. The zero-order valence-corrected chi connectivity index (χ0v) is 16.6. The van der Waals surface area contributed by atoms with Crippen LogP contribution in [0.15, 0.2) is 55.0 Å². The Morgan fingerprint density at radius 3 is 2.77 bits per heavy atom. The number of rotatable bonds is 6. The Bertz CT molecular complexity index is 1280. The molecule has 0 amide bonds. The summed E-state index contributed by atoms with van der Waals surface area (Å²) in [6.45, 7) is 2.40. The Hall–Kier alpha value is -3.90. The Morgan fingerprint density at radius 2 is 2.03 bits per heavy atom. The standard InChI is InChI=1S/C22H19F2N7/c1-13(15-5-2-4-14(8-15)9-25)29-22-28-11-16(10-26)19(30-22)18-12-27-21-17(20(23)24)6-3-7-31(18)21/h2-8,11-13,20H,9,25H2,1H3,(H,28,29,30). The Balaban J connectivity index is 1.73. The average molecular weight is 419 g/mol. The van der Waals surface area contributed by atoms with Crippen molar-refractivity contribution in [1.29, 1.82) is 5.26 Å². The molecule has 1 unspecified atom stereocenters. The van der Waals surface area contributed by atoms with Crippen molar-refractivity contribution in [2.45, 2.75) is 25.9 Å². The van der Waals surface area contributed by atoms with Gasteiger partial charge in [-0.2, -0.15) is 5.26 Å². The van der Waals surface area contributed by atoms with Gasteiger partial charge >= 0.3 is 0 Å². The topological polar surface area (TPSA) is 105 Å². The smallest absolute Gasteiger partial charge is 0.267 e. The van der Waals surface area contributed by atoms with Gasteiger partial charge in [0.2, 0.25) is 5.95 Å². The van der Waals surface area contributed by atoms with Gasteiger partial charge in [-0.1, -0.05) is 24.3 Å². The van der Waals surface area contributed by atoms with Gasteiger partial charge in [0, 0.05) is 12.7 Å². The van der Waals surface area contributed by atoms with Crippen LogP contribution in [0, 0.1) is 11.3 Å². The van der Waals surface area contributed by atoms with Gasteiger partial charge in [-0.25, -0.2) is 23.7 Å². The van der Waals surface area contributed by atoms with Crippen molar-refractivity contribution in [3.63, 3.8) is 0 Å². The molecule has 0 saturated heterocycles. The van der Waals surface area contributed by atoms with Gasteiger partial charge in [0.25, 0.3) is 6.43 Å². The molecule has 3 N–H and O–H groups in total. The second-order valence-corrected chi connectivity index (χ2v) is 6.98. The highest BCUT2D eigenvalue weighted by Crippen LogP contribution is 2.29. The molecule has 0 aliphatic carbocycles. The van der Waals surface area contributed by atoms with Crippen molar-refractivity contribution < 1.29 is 8.78 Å². The van der Waals surface area contributed by atoms with E-state index in [1.807, 2.05) is 31.2 Å². The molecule has 156 valence electrons. The summed E-state index contributed by atoms with van der Waals surface area (Å²) in [6.07, 6.45) is 1.79. The summed E-state index contributed by atoms with van der Waals surface area (Å²) >= 11 is 0. The first-order valence-corrected chi connectivity index (χ1v) is 9.59. The van der Waals surface area contributed by atoms with Gasteiger partial charge in [-0.05, 0) is 30.2 Å². The first-order valence-electron chi connectivity index (χ1n) is 9.59. The maximum atomic E-state index is 13.3. The quantitative estimate of drug-likeness (QED) is 0.485. The van der Waals surface area contributed by atoms with E-state index < -0.39 is 6.43 Å². The van der Waals surface area contributed by atoms with Crippen LogP contribution in [0.4, 0.5) is 14.7 Å². The molecule has 0 radical (unpaired) electrons. The summed E-state index contributed by atoms with van der Waals surface area (Å²) in [4.78, 5) is 12.9. The number of nitrogens with zero attached hydrogens (tertiary/aromatic N) is 5. The Labute approximate surface area is 177 Å². The number of pyridine rings is 1. The van der Waals surface area contributed by atoms with Crippen LogP contribution < -0.4 is 11.1 Å². The fourth-order valence-corrected chi connectivity index (χ4v) is 3.37. The van der Waals surface area contributed by atoms with Gasteiger partial charge in [0.15, 0.2) is 0 Å². The van der Waals surface area contributed by atoms with Crippen LogP contribution in [0.25, 0.3) is 17.0 Å². The summed E-state index contributed by atoms with van der Waals surface area (Å²) in [6, 6.07) is 12.6. The number of hydrogen-bond donors (Lipinski definition) is 2. The summed E-state index contributed by atoms with van der Waals surface area (Å²) in [7, 11) is 0. The molecule has 31 heavy (non-hydrogen) atoms. The van der Waals surface area contributed by atoms with Crippen LogP contribution >= 0.6 is 0 Å². The van der Waals surface area contributed by atoms with Gasteiger partial charge < -0.3 is 11.1 Å². The SMILES string of the molecule is CC(Nc1ncc(C#N)c(-c2cnc3c(C(F)F)cccn23)n1)c1cccc(CN)c1. The minimum absolute atomic E-state index is 0.122. The second-order valence-electron chi connectivity index (χ2n) is 6.98. The summed E-state index contributed by atoms with van der Waals surface area (Å²) in [5.41, 5.74) is 8.62. The molecular weight excluding hydrogens is 400 g/mol. The lowest BCUT2D eigenvalue weighted by Crippen LogP contribution is -2.11. The molecule has 3 aromatic heterocycles. The molecule has 0 bridgehead atoms. The molecule has 0 aliphatic rings. The van der Waals surface area contributed by atoms with Crippen molar-refractivity contribution in [2.75, 3.05) is 5.32 Å². The third kappa shape index (κ3) is 3.93. The highest BCUT2D eigenvalue weighted by atomic mass is 19.3. The molecule has 0 saturated carbocycles. The zero-order chi connectivity index (χ0) is 22.0. The van der Waals surface area contributed by atoms with Gasteiger partial charge in [-0.15, -0.1) is 0 Å². The number of aromatic nitrogens is 4. The lowest BCUT2D eigenvalue weighted by atomic mass is 10.1. The van der Waals surface area contributed by atoms with Crippen LogP contribution in [0.1, 0.15) is 41.6 Å². The van der Waals surface area contributed by atoms with Crippen molar-refractivity contribution in [2.24, 2.45) is 5.73 Å². The first kappa shape index (κ1) is 20.4. The summed E-state index contributed by atoms with van der Waals surface area (Å²) in [5.74, 6) is 0.305. The molecule has 9 heteroatoms. The monoisotopic (exact) mass is 419 g/mol. The molecule has 4 rings (SSSR count). The maximum absolute atomic E-state index is 13.3. The van der Waals surface area contributed by atoms with Crippen LogP contribution in [0.2, 0.25) is 0 Å².